The zero-order chi connectivity index (χ0) is 25.3. The largest absolute Gasteiger partial charge is 0.487 e. The summed E-state index contributed by atoms with van der Waals surface area (Å²) in [5.74, 6) is -1.13. The van der Waals surface area contributed by atoms with Crippen LogP contribution in [0.4, 0.5) is 10.5 Å². The van der Waals surface area contributed by atoms with Gasteiger partial charge in [-0.15, -0.1) is 0 Å². The maximum Gasteiger partial charge on any atom is 0.335 e. The molecule has 0 unspecified atom stereocenters. The van der Waals surface area contributed by atoms with E-state index in [9.17, 15) is 14.4 Å². The van der Waals surface area contributed by atoms with E-state index in [1.807, 2.05) is 24.3 Å². The molecule has 0 spiro atoms. The molecule has 0 aromatic heterocycles. The number of barbiturate groups is 1. The van der Waals surface area contributed by atoms with Gasteiger partial charge in [-0.25, -0.2) is 9.69 Å². The molecule has 0 aliphatic carbocycles. The lowest BCUT2D eigenvalue weighted by Gasteiger charge is -2.27. The van der Waals surface area contributed by atoms with Crippen LogP contribution in [0.15, 0.2) is 73.6 Å². The van der Waals surface area contributed by atoms with Gasteiger partial charge in [0, 0.05) is 19.5 Å². The summed E-state index contributed by atoms with van der Waals surface area (Å²) in [6.07, 6.45) is 1.41. The summed E-state index contributed by atoms with van der Waals surface area (Å²) in [6, 6.07) is 15.2. The van der Waals surface area contributed by atoms with Crippen molar-refractivity contribution in [1.82, 2.24) is 5.32 Å². The second-order valence-corrected chi connectivity index (χ2v) is 10.7. The van der Waals surface area contributed by atoms with Crippen LogP contribution in [-0.4, -0.2) is 17.8 Å². The molecular weight excluding hydrogens is 667 g/mol. The minimum atomic E-state index is -0.843. The Balaban J connectivity index is 1.73. The van der Waals surface area contributed by atoms with E-state index in [4.69, 9.17) is 16.3 Å². The number of carbonyl (C=O) groups is 3. The van der Waals surface area contributed by atoms with Gasteiger partial charge in [0.25, 0.3) is 11.8 Å². The highest BCUT2D eigenvalue weighted by atomic mass is 79.9. The highest BCUT2D eigenvalue weighted by Gasteiger charge is 2.37. The Morgan fingerprint density at radius 2 is 1.69 bits per heavy atom. The molecule has 1 fully saturated rings. The summed E-state index contributed by atoms with van der Waals surface area (Å²) < 4.78 is 8.34. The molecule has 35 heavy (non-hydrogen) atoms. The normalized spacial score (nSPS) is 14.9. The standard InChI is InChI=1S/C25H16Br3ClN2O4/c1-13-2-7-18(29)11-21(13)31-24(33)19(23(32)30-25(31)34)9-15-8-17(27)10-20(28)22(15)35-12-14-3-5-16(26)6-4-14/h2-11H,12H2,1H3,(H,30,32,34)/b19-9+. The van der Waals surface area contributed by atoms with Crippen LogP contribution in [0, 0.1) is 6.92 Å². The number of amides is 4. The van der Waals surface area contributed by atoms with Crippen LogP contribution >= 0.6 is 59.4 Å². The van der Waals surface area contributed by atoms with Crippen molar-refractivity contribution in [3.8, 4) is 5.75 Å². The minimum Gasteiger partial charge on any atom is -0.487 e. The third-order valence-electron chi connectivity index (χ3n) is 5.15. The van der Waals surface area contributed by atoms with Crippen LogP contribution in [0.1, 0.15) is 16.7 Å². The minimum absolute atomic E-state index is 0.220. The number of anilines is 1. The number of nitrogens with zero attached hydrogens (tertiary/aromatic N) is 1. The molecule has 1 N–H and O–H groups in total. The van der Waals surface area contributed by atoms with Gasteiger partial charge in [-0.05, 0) is 76.5 Å². The molecule has 0 bridgehead atoms. The Morgan fingerprint density at radius 1 is 0.971 bits per heavy atom. The number of rotatable bonds is 5. The average Bonchev–Trinajstić information content (AvgIpc) is 2.79. The van der Waals surface area contributed by atoms with E-state index in [1.165, 1.54) is 12.1 Å². The van der Waals surface area contributed by atoms with Crippen LogP contribution in [0.25, 0.3) is 6.08 Å². The monoisotopic (exact) mass is 680 g/mol. The van der Waals surface area contributed by atoms with Crippen molar-refractivity contribution < 1.29 is 19.1 Å². The van der Waals surface area contributed by atoms with Crippen molar-refractivity contribution in [2.45, 2.75) is 13.5 Å². The lowest BCUT2D eigenvalue weighted by atomic mass is 10.0. The zero-order valence-electron chi connectivity index (χ0n) is 18.1. The molecular formula is C25H16Br3ClN2O4. The number of hydrogen-bond acceptors (Lipinski definition) is 4. The maximum atomic E-state index is 13.4. The van der Waals surface area contributed by atoms with E-state index in [0.717, 1.165) is 14.9 Å². The molecule has 1 saturated heterocycles. The lowest BCUT2D eigenvalue weighted by molar-refractivity contribution is -0.122. The van der Waals surface area contributed by atoms with Crippen molar-refractivity contribution in [3.05, 3.63) is 95.3 Å². The quantitative estimate of drug-likeness (QED) is 0.229. The molecule has 3 aromatic rings. The van der Waals surface area contributed by atoms with Crippen LogP contribution in [0.2, 0.25) is 5.02 Å². The summed E-state index contributed by atoms with van der Waals surface area (Å²) in [6.45, 7) is 2.00. The number of aryl methyl sites for hydroxylation is 1. The highest BCUT2D eigenvalue weighted by molar-refractivity contribution is 9.11. The summed E-state index contributed by atoms with van der Waals surface area (Å²) in [5.41, 5.74) is 2.12. The van der Waals surface area contributed by atoms with Gasteiger partial charge in [-0.1, -0.05) is 61.7 Å². The second-order valence-electron chi connectivity index (χ2n) is 7.61. The van der Waals surface area contributed by atoms with Gasteiger partial charge in [-0.2, -0.15) is 0 Å². The van der Waals surface area contributed by atoms with Crippen LogP contribution in [0.5, 0.6) is 5.75 Å². The molecule has 1 aliphatic rings. The van der Waals surface area contributed by atoms with E-state index in [2.05, 4.69) is 53.1 Å². The smallest absolute Gasteiger partial charge is 0.335 e. The van der Waals surface area contributed by atoms with Gasteiger partial charge in [0.2, 0.25) is 0 Å². The van der Waals surface area contributed by atoms with E-state index < -0.39 is 17.8 Å². The molecule has 0 atom stereocenters. The molecule has 178 valence electrons. The summed E-state index contributed by atoms with van der Waals surface area (Å²) >= 11 is 16.4. The number of benzene rings is 3. The van der Waals surface area contributed by atoms with Crippen molar-refractivity contribution in [1.29, 1.82) is 0 Å². The molecule has 0 radical (unpaired) electrons. The van der Waals surface area contributed by atoms with Crippen molar-refractivity contribution in [2.24, 2.45) is 0 Å². The van der Waals surface area contributed by atoms with Crippen LogP contribution in [0.3, 0.4) is 0 Å². The average molecular weight is 684 g/mol. The molecule has 0 saturated carbocycles. The topological polar surface area (TPSA) is 75.7 Å². The van der Waals surface area contributed by atoms with E-state index in [1.54, 1.807) is 31.2 Å². The molecule has 4 amide bonds. The first-order chi connectivity index (χ1) is 16.6. The molecule has 10 heteroatoms. The summed E-state index contributed by atoms with van der Waals surface area (Å²) in [5, 5.41) is 2.59. The Labute approximate surface area is 231 Å². The fourth-order valence-electron chi connectivity index (χ4n) is 3.43. The number of nitrogens with one attached hydrogen (secondary N) is 1. The summed E-state index contributed by atoms with van der Waals surface area (Å²) in [7, 11) is 0. The van der Waals surface area contributed by atoms with E-state index in [0.29, 0.717) is 36.5 Å². The van der Waals surface area contributed by atoms with Crippen molar-refractivity contribution in [3.63, 3.8) is 0 Å². The van der Waals surface area contributed by atoms with E-state index >= 15 is 0 Å². The second kappa shape index (κ2) is 10.7. The molecule has 1 heterocycles. The fraction of sp³-hybridized carbons (Fsp3) is 0.0800. The first-order valence-electron chi connectivity index (χ1n) is 10.2. The van der Waals surface area contributed by atoms with Gasteiger partial charge in [-0.3, -0.25) is 14.9 Å². The van der Waals surface area contributed by atoms with Crippen LogP contribution < -0.4 is 15.0 Å². The Kier molecular flexibility index (Phi) is 7.80. The molecule has 6 nitrogen and oxygen atoms in total. The highest BCUT2D eigenvalue weighted by Crippen LogP contribution is 2.36. The lowest BCUT2D eigenvalue weighted by Crippen LogP contribution is -2.54. The number of imide groups is 2. The van der Waals surface area contributed by atoms with Crippen molar-refractivity contribution in [2.75, 3.05) is 4.90 Å². The first-order valence-corrected chi connectivity index (χ1v) is 12.9. The van der Waals surface area contributed by atoms with E-state index in [-0.39, 0.29) is 12.2 Å². The Morgan fingerprint density at radius 3 is 2.40 bits per heavy atom. The number of hydrogen-bond donors (Lipinski definition) is 1. The van der Waals surface area contributed by atoms with Gasteiger partial charge < -0.3 is 4.74 Å². The number of carbonyl (C=O) groups excluding carboxylic acids is 3. The Hall–Kier alpha value is -2.46. The number of halogens is 4. The molecule has 3 aromatic carbocycles. The van der Waals surface area contributed by atoms with Gasteiger partial charge in [0.15, 0.2) is 0 Å². The third-order valence-corrected chi connectivity index (χ3v) is 6.96. The maximum absolute atomic E-state index is 13.4. The van der Waals surface area contributed by atoms with Crippen LogP contribution in [-0.2, 0) is 16.2 Å². The predicted molar refractivity (Wildman–Crippen MR) is 146 cm³/mol. The van der Waals surface area contributed by atoms with Gasteiger partial charge >= 0.3 is 6.03 Å². The molecule has 1 aliphatic heterocycles. The van der Waals surface area contributed by atoms with Gasteiger partial charge in [0.05, 0.1) is 10.2 Å². The first kappa shape index (κ1) is 25.6. The zero-order valence-corrected chi connectivity index (χ0v) is 23.6. The number of urea groups is 1. The summed E-state index contributed by atoms with van der Waals surface area (Å²) in [4.78, 5) is 39.6. The number of ether oxygens (including phenoxy) is 1. The Bertz CT molecular complexity index is 1390. The molecule has 4 rings (SSSR count). The third kappa shape index (κ3) is 5.69. The van der Waals surface area contributed by atoms with Crippen molar-refractivity contribution >= 4 is 89.0 Å². The fourth-order valence-corrected chi connectivity index (χ4v) is 5.23. The predicted octanol–water partition coefficient (Wildman–Crippen LogP) is 7.18. The SMILES string of the molecule is Cc1ccc(Cl)cc1N1C(=O)NC(=O)/C(=C\c2cc(Br)cc(Br)c2OCc2ccc(Br)cc2)C1=O. The van der Waals surface area contributed by atoms with Gasteiger partial charge in [0.1, 0.15) is 17.9 Å².